The lowest BCUT2D eigenvalue weighted by Gasteiger charge is -2.45. The van der Waals surface area contributed by atoms with E-state index in [1.165, 1.54) is 13.2 Å². The highest BCUT2D eigenvalue weighted by atomic mass is 16.6. The van der Waals surface area contributed by atoms with Crippen LogP contribution >= 0.6 is 0 Å². The van der Waals surface area contributed by atoms with Gasteiger partial charge in [0.15, 0.2) is 0 Å². The maximum Gasteiger partial charge on any atom is 0.339 e. The van der Waals surface area contributed by atoms with Crippen LogP contribution in [0.25, 0.3) is 6.08 Å². The second-order valence-corrected chi connectivity index (χ2v) is 7.81. The van der Waals surface area contributed by atoms with Gasteiger partial charge in [0.05, 0.1) is 19.3 Å². The van der Waals surface area contributed by atoms with E-state index in [4.69, 9.17) is 18.6 Å². The molecule has 0 amide bonds. The second-order valence-electron chi connectivity index (χ2n) is 7.81. The van der Waals surface area contributed by atoms with E-state index in [-0.39, 0.29) is 6.10 Å². The molecule has 0 radical (unpaired) electrons. The van der Waals surface area contributed by atoms with Crippen LogP contribution in [0.4, 0.5) is 0 Å². The van der Waals surface area contributed by atoms with Gasteiger partial charge in [-0.05, 0) is 33.8 Å². The molecule has 158 valence electrons. The number of allylic oxidation sites excluding steroid dienone is 4. The molecule has 2 aliphatic heterocycles. The first-order valence-corrected chi connectivity index (χ1v) is 9.55. The Balaban J connectivity index is 1.68. The van der Waals surface area contributed by atoms with Gasteiger partial charge in [-0.1, -0.05) is 30.4 Å². The Hall–Kier alpha value is -2.19. The summed E-state index contributed by atoms with van der Waals surface area (Å²) >= 11 is 0. The zero-order chi connectivity index (χ0) is 21.4. The van der Waals surface area contributed by atoms with Crippen molar-refractivity contribution in [2.75, 3.05) is 7.11 Å². The summed E-state index contributed by atoms with van der Waals surface area (Å²) in [5, 5.41) is 21.1. The highest BCUT2D eigenvalue weighted by Crippen LogP contribution is 2.48. The van der Waals surface area contributed by atoms with Crippen molar-refractivity contribution in [3.63, 3.8) is 0 Å². The molecular weight excluding hydrogens is 376 g/mol. The molecule has 1 unspecified atom stereocenters. The second kappa shape index (κ2) is 7.91. The third-order valence-electron chi connectivity index (χ3n) is 5.91. The summed E-state index contributed by atoms with van der Waals surface area (Å²) in [4.78, 5) is 11.5. The Labute approximate surface area is 169 Å². The molecule has 2 N–H and O–H groups in total. The number of ether oxygens (including phenoxy) is 3. The number of fused-ring (bicyclic) bond motifs is 2. The van der Waals surface area contributed by atoms with Crippen LogP contribution in [-0.2, 0) is 9.47 Å². The van der Waals surface area contributed by atoms with Crippen molar-refractivity contribution in [1.29, 1.82) is 0 Å². The molecular formula is C22H28O7. The third-order valence-corrected chi connectivity index (χ3v) is 5.91. The molecule has 2 fully saturated rings. The molecule has 1 aromatic rings. The number of aliphatic hydroxyl groups excluding tert-OH is 2. The van der Waals surface area contributed by atoms with E-state index >= 15 is 0 Å². The van der Waals surface area contributed by atoms with Crippen molar-refractivity contribution in [2.24, 2.45) is 0 Å². The molecule has 7 heteroatoms. The monoisotopic (exact) mass is 404 g/mol. The molecule has 7 nitrogen and oxygen atoms in total. The van der Waals surface area contributed by atoms with Crippen LogP contribution in [-0.4, -0.2) is 52.9 Å². The molecule has 0 aliphatic carbocycles. The molecule has 2 aliphatic rings. The van der Waals surface area contributed by atoms with Crippen molar-refractivity contribution in [3.05, 3.63) is 58.2 Å². The molecule has 6 atom stereocenters. The largest absolute Gasteiger partial charge is 0.496 e. The van der Waals surface area contributed by atoms with Gasteiger partial charge in [0.1, 0.15) is 41.0 Å². The molecule has 2 bridgehead atoms. The Morgan fingerprint density at radius 1 is 1.10 bits per heavy atom. The first kappa shape index (κ1) is 21.5. The van der Waals surface area contributed by atoms with Crippen molar-refractivity contribution >= 4 is 6.08 Å². The van der Waals surface area contributed by atoms with Gasteiger partial charge >= 0.3 is 5.63 Å². The van der Waals surface area contributed by atoms with Gasteiger partial charge < -0.3 is 28.8 Å². The number of hydrogen-bond donors (Lipinski definition) is 2. The van der Waals surface area contributed by atoms with Crippen LogP contribution in [0.3, 0.4) is 0 Å². The molecule has 29 heavy (non-hydrogen) atoms. The lowest BCUT2D eigenvalue weighted by molar-refractivity contribution is -0.224. The van der Waals surface area contributed by atoms with E-state index in [2.05, 4.69) is 0 Å². The average Bonchev–Trinajstić information content (AvgIpc) is 2.80. The van der Waals surface area contributed by atoms with Gasteiger partial charge in [0.25, 0.3) is 0 Å². The molecule has 2 saturated heterocycles. The van der Waals surface area contributed by atoms with Crippen molar-refractivity contribution < 1.29 is 28.8 Å². The summed E-state index contributed by atoms with van der Waals surface area (Å²) in [6.45, 7) is 7.14. The first-order chi connectivity index (χ1) is 13.6. The fourth-order valence-corrected chi connectivity index (χ4v) is 3.94. The molecule has 3 rings (SSSR count). The van der Waals surface area contributed by atoms with E-state index in [1.807, 2.05) is 6.92 Å². The minimum atomic E-state index is -1.08. The maximum atomic E-state index is 11.5. The lowest BCUT2D eigenvalue weighted by Crippen LogP contribution is -2.64. The zero-order valence-corrected chi connectivity index (χ0v) is 17.3. The SMILES string of the molecule is COc1cc(=O)oc(/C=C/C=C/C=C/[C@@H]2O[C@@]3(C)C(C)O[C@](C)([C@H]2O)[C@@H]3O)c1C. The molecule has 0 spiro atoms. The van der Waals surface area contributed by atoms with Gasteiger partial charge in [-0.3, -0.25) is 0 Å². The predicted octanol–water partition coefficient (Wildman–Crippen LogP) is 2.14. The predicted molar refractivity (Wildman–Crippen MR) is 108 cm³/mol. The number of methoxy groups -OCH3 is 1. The fraction of sp³-hybridized carbons (Fsp3) is 0.500. The van der Waals surface area contributed by atoms with Gasteiger partial charge in [-0.25, -0.2) is 4.79 Å². The smallest absolute Gasteiger partial charge is 0.339 e. The standard InChI is InChI=1S/C22H28O7/c1-13-15(27-18(23)12-17(13)26-5)10-8-6-7-9-11-16-19(24)22(4)20(25)21(3,29-16)14(2)28-22/h6-12,14,16,19-20,24-25H,1-5H3/b7-6+,10-8+,11-9+/t14?,16-,19-,20+,21-,22+/m0/s1. The van der Waals surface area contributed by atoms with Gasteiger partial charge in [0, 0.05) is 5.56 Å². The lowest BCUT2D eigenvalue weighted by atomic mass is 9.78. The Bertz CT molecular complexity index is 899. The average molecular weight is 404 g/mol. The summed E-state index contributed by atoms with van der Waals surface area (Å²) in [6, 6.07) is 1.30. The summed E-state index contributed by atoms with van der Waals surface area (Å²) < 4.78 is 22.1. The minimum Gasteiger partial charge on any atom is -0.496 e. The fourth-order valence-electron chi connectivity index (χ4n) is 3.94. The van der Waals surface area contributed by atoms with E-state index in [0.29, 0.717) is 11.5 Å². The Morgan fingerprint density at radius 3 is 2.48 bits per heavy atom. The van der Waals surface area contributed by atoms with E-state index in [9.17, 15) is 15.0 Å². The highest BCUT2D eigenvalue weighted by molar-refractivity contribution is 5.52. The molecule has 1 aromatic heterocycles. The van der Waals surface area contributed by atoms with Crippen LogP contribution in [0.2, 0.25) is 0 Å². The topological polar surface area (TPSA) is 98.4 Å². The summed E-state index contributed by atoms with van der Waals surface area (Å²) in [7, 11) is 1.50. The van der Waals surface area contributed by atoms with E-state index < -0.39 is 35.1 Å². The number of rotatable bonds is 5. The summed E-state index contributed by atoms with van der Waals surface area (Å²) in [5.74, 6) is 0.898. The quantitative estimate of drug-likeness (QED) is 0.726. The normalized spacial score (nSPS) is 37.2. The number of hydrogen-bond acceptors (Lipinski definition) is 7. The van der Waals surface area contributed by atoms with E-state index in [0.717, 1.165) is 5.56 Å². The first-order valence-electron chi connectivity index (χ1n) is 9.55. The van der Waals surface area contributed by atoms with Gasteiger partial charge in [0.2, 0.25) is 0 Å². The molecule has 0 aromatic carbocycles. The molecule has 0 saturated carbocycles. The van der Waals surface area contributed by atoms with Crippen LogP contribution in [0.1, 0.15) is 32.1 Å². The summed E-state index contributed by atoms with van der Waals surface area (Å²) in [5.41, 5.74) is -1.70. The van der Waals surface area contributed by atoms with Gasteiger partial charge in [-0.2, -0.15) is 0 Å². The van der Waals surface area contributed by atoms with Gasteiger partial charge in [-0.15, -0.1) is 0 Å². The van der Waals surface area contributed by atoms with Crippen molar-refractivity contribution in [1.82, 2.24) is 0 Å². The van der Waals surface area contributed by atoms with Crippen molar-refractivity contribution in [2.45, 2.75) is 63.3 Å². The van der Waals surface area contributed by atoms with Crippen LogP contribution in [0.15, 0.2) is 45.7 Å². The van der Waals surface area contributed by atoms with Crippen LogP contribution in [0.5, 0.6) is 5.75 Å². The number of aliphatic hydroxyl groups is 2. The van der Waals surface area contributed by atoms with E-state index in [1.54, 1.807) is 57.2 Å². The Kier molecular flexibility index (Phi) is 5.87. The Morgan fingerprint density at radius 2 is 1.79 bits per heavy atom. The van der Waals surface area contributed by atoms with Crippen molar-refractivity contribution in [3.8, 4) is 5.75 Å². The van der Waals surface area contributed by atoms with Crippen LogP contribution in [0, 0.1) is 6.92 Å². The zero-order valence-electron chi connectivity index (χ0n) is 17.3. The summed E-state index contributed by atoms with van der Waals surface area (Å²) in [6.07, 6.45) is 7.56. The molecule has 3 heterocycles. The highest BCUT2D eigenvalue weighted by Gasteiger charge is 2.66. The minimum absolute atomic E-state index is 0.338. The maximum absolute atomic E-state index is 11.5. The third kappa shape index (κ3) is 3.71. The van der Waals surface area contributed by atoms with Crippen LogP contribution < -0.4 is 10.4 Å².